The minimum absolute atomic E-state index is 0.843. The third kappa shape index (κ3) is 0.887. The number of aromatic amines is 1. The molecule has 1 N–H and O–H groups in total. The summed E-state index contributed by atoms with van der Waals surface area (Å²) < 4.78 is 0. The molecule has 0 aliphatic carbocycles. The van der Waals surface area contributed by atoms with Crippen molar-refractivity contribution in [2.24, 2.45) is 0 Å². The van der Waals surface area contributed by atoms with Crippen LogP contribution in [-0.4, -0.2) is 15.5 Å². The minimum Gasteiger partial charge on any atom is -0.147 e. The standard InChI is InChI=1S/C3H4N4/c1-3-2-4-6-7-5-3/h2H,1H3/p+1. The summed E-state index contributed by atoms with van der Waals surface area (Å²) in [5, 5.41) is 12.8. The molecule has 4 nitrogen and oxygen atoms in total. The lowest BCUT2D eigenvalue weighted by Crippen LogP contribution is -2.11. The van der Waals surface area contributed by atoms with Crippen LogP contribution in [0.5, 0.6) is 0 Å². The second kappa shape index (κ2) is 1.59. The summed E-state index contributed by atoms with van der Waals surface area (Å²) in [7, 11) is 0. The van der Waals surface area contributed by atoms with Gasteiger partial charge >= 0.3 is 0 Å². The van der Waals surface area contributed by atoms with Crippen LogP contribution in [0.3, 0.4) is 0 Å². The van der Waals surface area contributed by atoms with Crippen molar-refractivity contribution in [1.29, 1.82) is 0 Å². The van der Waals surface area contributed by atoms with Gasteiger partial charge in [0.15, 0.2) is 5.21 Å². The van der Waals surface area contributed by atoms with Gasteiger partial charge < -0.3 is 0 Å². The molecule has 7 heavy (non-hydrogen) atoms. The fraction of sp³-hybridized carbons (Fsp3) is 0.333. The number of hydrogen-bond acceptors (Lipinski definition) is 3. The van der Waals surface area contributed by atoms with E-state index in [4.69, 9.17) is 0 Å². The summed E-state index contributed by atoms with van der Waals surface area (Å²) >= 11 is 0. The van der Waals surface area contributed by atoms with Gasteiger partial charge in [-0.25, -0.2) is 0 Å². The summed E-state index contributed by atoms with van der Waals surface area (Å²) in [6.07, 6.45) is 1.67. The van der Waals surface area contributed by atoms with Crippen LogP contribution in [0.2, 0.25) is 0 Å². The quantitative estimate of drug-likeness (QED) is 0.417. The molecule has 0 radical (unpaired) electrons. The summed E-state index contributed by atoms with van der Waals surface area (Å²) in [5.74, 6) is 0. The van der Waals surface area contributed by atoms with Gasteiger partial charge in [-0.2, -0.15) is 0 Å². The van der Waals surface area contributed by atoms with Gasteiger partial charge in [-0.3, -0.25) is 0 Å². The predicted octanol–water partition coefficient (Wildman–Crippen LogP) is -1.01. The molecule has 0 aliphatic rings. The Hall–Kier alpha value is -1.06. The number of H-pyrrole nitrogens is 1. The van der Waals surface area contributed by atoms with Crippen molar-refractivity contribution in [2.45, 2.75) is 6.92 Å². The van der Waals surface area contributed by atoms with E-state index in [0.717, 1.165) is 5.69 Å². The number of aromatic nitrogens is 4. The van der Waals surface area contributed by atoms with E-state index in [1.54, 1.807) is 6.20 Å². The number of rotatable bonds is 0. The molecule has 0 unspecified atom stereocenters. The Morgan fingerprint density at radius 2 is 2.57 bits per heavy atom. The first-order valence-corrected chi connectivity index (χ1v) is 1.92. The topological polar surface area (TPSA) is 52.8 Å². The minimum atomic E-state index is 0.843. The van der Waals surface area contributed by atoms with Gasteiger partial charge in [0, 0.05) is 0 Å². The summed E-state index contributed by atoms with van der Waals surface area (Å²) in [5.41, 5.74) is 0.843. The van der Waals surface area contributed by atoms with Crippen LogP contribution in [0.4, 0.5) is 0 Å². The molecule has 1 rings (SSSR count). The molecule has 1 heterocycles. The highest BCUT2D eigenvalue weighted by Gasteiger charge is 1.85. The van der Waals surface area contributed by atoms with Crippen LogP contribution in [0.1, 0.15) is 5.69 Å². The molecule has 0 amide bonds. The van der Waals surface area contributed by atoms with Gasteiger partial charge in [-0.05, 0) is 12.0 Å². The van der Waals surface area contributed by atoms with Crippen molar-refractivity contribution in [3.8, 4) is 0 Å². The smallest absolute Gasteiger partial charge is 0.147 e. The van der Waals surface area contributed by atoms with Crippen molar-refractivity contribution < 1.29 is 5.10 Å². The van der Waals surface area contributed by atoms with Crippen LogP contribution in [0, 0.1) is 6.92 Å². The fourth-order valence-electron chi connectivity index (χ4n) is 0.270. The Bertz CT molecular complexity index is 137. The Labute approximate surface area is 40.6 Å². The zero-order valence-electron chi connectivity index (χ0n) is 3.92. The maximum Gasteiger partial charge on any atom is 0.203 e. The molecule has 0 aromatic carbocycles. The number of aryl methyl sites for hydroxylation is 1. The van der Waals surface area contributed by atoms with Crippen LogP contribution in [-0.2, 0) is 0 Å². The van der Waals surface area contributed by atoms with Gasteiger partial charge in [0.1, 0.15) is 11.9 Å². The molecule has 0 aliphatic heterocycles. The highest BCUT2D eigenvalue weighted by Crippen LogP contribution is 1.72. The number of nitrogens with zero attached hydrogens (tertiary/aromatic N) is 3. The zero-order chi connectivity index (χ0) is 5.11. The van der Waals surface area contributed by atoms with Gasteiger partial charge in [0.05, 0.1) is 0 Å². The second-order valence-corrected chi connectivity index (χ2v) is 1.20. The number of nitrogens with one attached hydrogen (secondary N) is 1. The van der Waals surface area contributed by atoms with Crippen molar-refractivity contribution in [2.75, 3.05) is 0 Å². The van der Waals surface area contributed by atoms with E-state index in [9.17, 15) is 0 Å². The Morgan fingerprint density at radius 1 is 1.71 bits per heavy atom. The van der Waals surface area contributed by atoms with Gasteiger partial charge in [-0.1, -0.05) is 0 Å². The first-order chi connectivity index (χ1) is 3.39. The molecule has 0 saturated carbocycles. The lowest BCUT2D eigenvalue weighted by atomic mass is 10.6. The molecular weight excluding hydrogens is 92.1 g/mol. The van der Waals surface area contributed by atoms with Crippen LogP contribution >= 0.6 is 0 Å². The highest BCUT2D eigenvalue weighted by atomic mass is 15.4. The summed E-state index contributed by atoms with van der Waals surface area (Å²) in [4.78, 5) is 0. The normalized spacial score (nSPS) is 8.71. The van der Waals surface area contributed by atoms with Crippen LogP contribution < -0.4 is 5.10 Å². The Morgan fingerprint density at radius 3 is 2.86 bits per heavy atom. The Kier molecular flexibility index (Phi) is 0.934. The van der Waals surface area contributed by atoms with E-state index in [1.165, 1.54) is 0 Å². The van der Waals surface area contributed by atoms with E-state index in [0.29, 0.717) is 0 Å². The van der Waals surface area contributed by atoms with Gasteiger partial charge in [0.25, 0.3) is 0 Å². The first-order valence-electron chi connectivity index (χ1n) is 1.92. The molecule has 36 valence electrons. The second-order valence-electron chi connectivity index (χ2n) is 1.20. The van der Waals surface area contributed by atoms with E-state index in [-0.39, 0.29) is 0 Å². The lowest BCUT2D eigenvalue weighted by molar-refractivity contribution is -0.466. The predicted molar refractivity (Wildman–Crippen MR) is 21.1 cm³/mol. The molecule has 0 bridgehead atoms. The maximum atomic E-state index is 3.59. The van der Waals surface area contributed by atoms with Crippen molar-refractivity contribution >= 4 is 0 Å². The van der Waals surface area contributed by atoms with Gasteiger partial charge in [0.2, 0.25) is 5.21 Å². The molecule has 0 atom stereocenters. The lowest BCUT2D eigenvalue weighted by Gasteiger charge is -1.70. The van der Waals surface area contributed by atoms with E-state index in [1.807, 2.05) is 6.92 Å². The number of hydrogen-bond donors (Lipinski definition) is 0. The molecule has 0 spiro atoms. The van der Waals surface area contributed by atoms with E-state index in [2.05, 4.69) is 20.6 Å². The zero-order valence-corrected chi connectivity index (χ0v) is 3.92. The van der Waals surface area contributed by atoms with Crippen molar-refractivity contribution in [1.82, 2.24) is 15.5 Å². The average Bonchev–Trinajstić information content (AvgIpc) is 1.69. The largest absolute Gasteiger partial charge is 0.203 e. The molecule has 1 aromatic heterocycles. The van der Waals surface area contributed by atoms with E-state index < -0.39 is 0 Å². The summed E-state index contributed by atoms with van der Waals surface area (Å²) in [6.45, 7) is 1.84. The van der Waals surface area contributed by atoms with E-state index >= 15 is 0 Å². The highest BCUT2D eigenvalue weighted by molar-refractivity contribution is 4.77. The first kappa shape index (κ1) is 4.11. The maximum absolute atomic E-state index is 3.59. The monoisotopic (exact) mass is 97.1 g/mol. The molecule has 0 saturated heterocycles. The fourth-order valence-corrected chi connectivity index (χ4v) is 0.270. The molecule has 0 fully saturated rings. The van der Waals surface area contributed by atoms with Gasteiger partial charge in [-0.15, -0.1) is 5.10 Å². The summed E-state index contributed by atoms with van der Waals surface area (Å²) in [6, 6.07) is 0. The Balaban J connectivity index is 3.02. The molecule has 1 aromatic rings. The van der Waals surface area contributed by atoms with Crippen molar-refractivity contribution in [3.63, 3.8) is 0 Å². The molecular formula is C3H5N4+. The molecule has 4 heteroatoms. The SMILES string of the molecule is Cc1c[nH+]nnn1. The average molecular weight is 97.1 g/mol. The van der Waals surface area contributed by atoms with Crippen LogP contribution in [0.15, 0.2) is 6.20 Å². The van der Waals surface area contributed by atoms with Crippen LogP contribution in [0.25, 0.3) is 0 Å². The van der Waals surface area contributed by atoms with Crippen molar-refractivity contribution in [3.05, 3.63) is 11.9 Å². The third-order valence-corrected chi connectivity index (χ3v) is 0.578. The third-order valence-electron chi connectivity index (χ3n) is 0.578.